The van der Waals surface area contributed by atoms with E-state index in [1.807, 2.05) is 24.3 Å². The number of nitrogens with two attached hydrogens (primary N) is 1. The standard InChI is InChI=1S/C16H26N2O2.ClH/c17-10-7-15(19)13-5-4-6-14(11-13)18-12-16(20)8-2-1-3-9-16;/h4-6,11,15,18-20H,1-3,7-10,12,17H2;1H. The smallest absolute Gasteiger partial charge is 0.0819 e. The summed E-state index contributed by atoms with van der Waals surface area (Å²) in [5, 5.41) is 23.7. The molecule has 5 heteroatoms. The summed E-state index contributed by atoms with van der Waals surface area (Å²) < 4.78 is 0. The third-order valence-electron chi connectivity index (χ3n) is 4.12. The van der Waals surface area contributed by atoms with E-state index in [1.54, 1.807) is 0 Å². The second-order valence-corrected chi connectivity index (χ2v) is 5.86. The number of aliphatic hydroxyl groups is 2. The van der Waals surface area contributed by atoms with E-state index in [1.165, 1.54) is 6.42 Å². The van der Waals surface area contributed by atoms with Gasteiger partial charge in [-0.25, -0.2) is 0 Å². The Morgan fingerprint density at radius 2 is 1.95 bits per heavy atom. The third-order valence-corrected chi connectivity index (χ3v) is 4.12. The van der Waals surface area contributed by atoms with Crippen molar-refractivity contribution < 1.29 is 10.2 Å². The van der Waals surface area contributed by atoms with E-state index in [9.17, 15) is 10.2 Å². The van der Waals surface area contributed by atoms with Gasteiger partial charge in [0.2, 0.25) is 0 Å². The highest BCUT2D eigenvalue weighted by Gasteiger charge is 2.28. The molecule has 0 amide bonds. The average molecular weight is 315 g/mol. The molecule has 0 spiro atoms. The SMILES string of the molecule is Cl.NCCC(O)c1cccc(NCC2(O)CCCCC2)c1. The Kier molecular flexibility index (Phi) is 7.46. The molecule has 5 N–H and O–H groups in total. The first-order valence-corrected chi connectivity index (χ1v) is 7.57. The molecule has 1 saturated carbocycles. The van der Waals surface area contributed by atoms with Gasteiger partial charge < -0.3 is 21.3 Å². The van der Waals surface area contributed by atoms with Crippen LogP contribution >= 0.6 is 12.4 Å². The fourth-order valence-electron chi connectivity index (χ4n) is 2.83. The summed E-state index contributed by atoms with van der Waals surface area (Å²) in [5.74, 6) is 0. The number of aliphatic hydroxyl groups excluding tert-OH is 1. The van der Waals surface area contributed by atoms with Crippen molar-refractivity contribution in [2.75, 3.05) is 18.4 Å². The molecule has 1 aromatic carbocycles. The lowest BCUT2D eigenvalue weighted by atomic mass is 9.85. The van der Waals surface area contributed by atoms with Crippen LogP contribution in [0.3, 0.4) is 0 Å². The zero-order chi connectivity index (χ0) is 14.4. The molecule has 0 bridgehead atoms. The van der Waals surface area contributed by atoms with Crippen molar-refractivity contribution >= 4 is 18.1 Å². The van der Waals surface area contributed by atoms with Gasteiger partial charge in [0, 0.05) is 12.2 Å². The lowest BCUT2D eigenvalue weighted by Crippen LogP contribution is -2.38. The van der Waals surface area contributed by atoms with Gasteiger partial charge in [-0.1, -0.05) is 31.4 Å². The fourth-order valence-corrected chi connectivity index (χ4v) is 2.83. The van der Waals surface area contributed by atoms with Crippen LogP contribution in [0.15, 0.2) is 24.3 Å². The van der Waals surface area contributed by atoms with E-state index in [-0.39, 0.29) is 12.4 Å². The number of hydrogen-bond acceptors (Lipinski definition) is 4. The highest BCUT2D eigenvalue weighted by Crippen LogP contribution is 2.28. The van der Waals surface area contributed by atoms with Crippen molar-refractivity contribution in [2.45, 2.75) is 50.2 Å². The molecule has 0 aromatic heterocycles. The lowest BCUT2D eigenvalue weighted by molar-refractivity contribution is 0.0167. The molecule has 0 radical (unpaired) electrons. The first-order chi connectivity index (χ1) is 9.63. The number of benzene rings is 1. The molecule has 1 atom stereocenters. The van der Waals surface area contributed by atoms with Crippen LogP contribution in [0.25, 0.3) is 0 Å². The monoisotopic (exact) mass is 314 g/mol. The number of anilines is 1. The van der Waals surface area contributed by atoms with Crippen LogP contribution in [-0.2, 0) is 0 Å². The topological polar surface area (TPSA) is 78.5 Å². The fraction of sp³-hybridized carbons (Fsp3) is 0.625. The van der Waals surface area contributed by atoms with Crippen LogP contribution < -0.4 is 11.1 Å². The molecule has 1 unspecified atom stereocenters. The zero-order valence-electron chi connectivity index (χ0n) is 12.4. The van der Waals surface area contributed by atoms with E-state index in [4.69, 9.17) is 5.73 Å². The number of rotatable bonds is 6. The molecular weight excluding hydrogens is 288 g/mol. The summed E-state index contributed by atoms with van der Waals surface area (Å²) in [7, 11) is 0. The number of nitrogens with one attached hydrogen (secondary N) is 1. The van der Waals surface area contributed by atoms with E-state index in [0.717, 1.165) is 36.9 Å². The van der Waals surface area contributed by atoms with Crippen molar-refractivity contribution in [3.63, 3.8) is 0 Å². The molecule has 1 aliphatic carbocycles. The zero-order valence-corrected chi connectivity index (χ0v) is 13.2. The summed E-state index contributed by atoms with van der Waals surface area (Å²) in [5.41, 5.74) is 6.70. The summed E-state index contributed by atoms with van der Waals surface area (Å²) in [6.07, 6.45) is 5.22. The first kappa shape index (κ1) is 18.2. The predicted molar refractivity (Wildman–Crippen MR) is 88.8 cm³/mol. The van der Waals surface area contributed by atoms with Gasteiger partial charge in [-0.3, -0.25) is 0 Å². The largest absolute Gasteiger partial charge is 0.388 e. The maximum atomic E-state index is 10.5. The van der Waals surface area contributed by atoms with E-state index in [2.05, 4.69) is 5.32 Å². The Labute approximate surface area is 133 Å². The molecule has 0 heterocycles. The van der Waals surface area contributed by atoms with E-state index >= 15 is 0 Å². The Morgan fingerprint density at radius 3 is 2.62 bits per heavy atom. The quantitative estimate of drug-likeness (QED) is 0.651. The highest BCUT2D eigenvalue weighted by atomic mass is 35.5. The molecule has 4 nitrogen and oxygen atoms in total. The van der Waals surface area contributed by atoms with Gasteiger partial charge >= 0.3 is 0 Å². The Bertz CT molecular complexity index is 422. The van der Waals surface area contributed by atoms with Crippen LogP contribution in [-0.4, -0.2) is 28.9 Å². The van der Waals surface area contributed by atoms with Crippen LogP contribution in [0.2, 0.25) is 0 Å². The lowest BCUT2D eigenvalue weighted by Gasteiger charge is -2.32. The molecular formula is C16H27ClN2O2. The van der Waals surface area contributed by atoms with Gasteiger partial charge in [0.1, 0.15) is 0 Å². The molecule has 0 saturated heterocycles. The molecule has 120 valence electrons. The van der Waals surface area contributed by atoms with E-state index in [0.29, 0.717) is 19.5 Å². The maximum Gasteiger partial charge on any atom is 0.0819 e. The predicted octanol–water partition coefficient (Wildman–Crippen LogP) is 2.60. The molecule has 1 aliphatic rings. The van der Waals surface area contributed by atoms with Crippen molar-refractivity contribution in [3.8, 4) is 0 Å². The van der Waals surface area contributed by atoms with Gasteiger partial charge in [0.25, 0.3) is 0 Å². The second kappa shape index (κ2) is 8.59. The van der Waals surface area contributed by atoms with Crippen molar-refractivity contribution in [1.82, 2.24) is 0 Å². The Morgan fingerprint density at radius 1 is 1.24 bits per heavy atom. The van der Waals surface area contributed by atoms with Gasteiger partial charge in [-0.05, 0) is 43.5 Å². The van der Waals surface area contributed by atoms with Gasteiger partial charge in [-0.15, -0.1) is 12.4 Å². The van der Waals surface area contributed by atoms with Crippen LogP contribution in [0.4, 0.5) is 5.69 Å². The maximum absolute atomic E-state index is 10.5. The van der Waals surface area contributed by atoms with Crippen molar-refractivity contribution in [3.05, 3.63) is 29.8 Å². The Balaban J connectivity index is 0.00000220. The second-order valence-electron chi connectivity index (χ2n) is 5.86. The number of hydrogen-bond donors (Lipinski definition) is 4. The summed E-state index contributed by atoms with van der Waals surface area (Å²) in [6.45, 7) is 1.04. The molecule has 21 heavy (non-hydrogen) atoms. The van der Waals surface area contributed by atoms with Gasteiger partial charge in [-0.2, -0.15) is 0 Å². The molecule has 1 aromatic rings. The van der Waals surface area contributed by atoms with Crippen molar-refractivity contribution in [2.24, 2.45) is 5.73 Å². The van der Waals surface area contributed by atoms with Crippen molar-refractivity contribution in [1.29, 1.82) is 0 Å². The minimum absolute atomic E-state index is 0. The average Bonchev–Trinajstić information content (AvgIpc) is 2.47. The summed E-state index contributed by atoms with van der Waals surface area (Å²) in [4.78, 5) is 0. The minimum atomic E-state index is -0.579. The third kappa shape index (κ3) is 5.47. The van der Waals surface area contributed by atoms with Gasteiger partial charge in [0.05, 0.1) is 11.7 Å². The van der Waals surface area contributed by atoms with Crippen LogP contribution in [0.5, 0.6) is 0 Å². The minimum Gasteiger partial charge on any atom is -0.388 e. The summed E-state index contributed by atoms with van der Waals surface area (Å²) >= 11 is 0. The molecule has 2 rings (SSSR count). The Hall–Kier alpha value is -0.810. The van der Waals surface area contributed by atoms with E-state index < -0.39 is 11.7 Å². The number of halogens is 1. The van der Waals surface area contributed by atoms with Crippen LogP contribution in [0.1, 0.15) is 50.2 Å². The summed E-state index contributed by atoms with van der Waals surface area (Å²) in [6, 6.07) is 7.72. The normalized spacial score (nSPS) is 18.6. The van der Waals surface area contributed by atoms with Crippen LogP contribution in [0, 0.1) is 0 Å². The first-order valence-electron chi connectivity index (χ1n) is 7.57. The highest BCUT2D eigenvalue weighted by molar-refractivity contribution is 5.85. The molecule has 1 fully saturated rings. The van der Waals surface area contributed by atoms with Gasteiger partial charge in [0.15, 0.2) is 0 Å². The molecule has 0 aliphatic heterocycles.